The van der Waals surface area contributed by atoms with Gasteiger partial charge in [-0.1, -0.05) is 0 Å². The van der Waals surface area contributed by atoms with Gasteiger partial charge >= 0.3 is 12.2 Å². The number of hydrogen-bond donors (Lipinski definition) is 1. The zero-order valence-electron chi connectivity index (χ0n) is 14.2. The minimum Gasteiger partial charge on any atom is -0.353 e. The molecule has 0 aliphatic carbocycles. The van der Waals surface area contributed by atoms with Crippen LogP contribution in [0.15, 0.2) is 42.6 Å². The predicted molar refractivity (Wildman–Crippen MR) is 93.2 cm³/mol. The van der Waals surface area contributed by atoms with E-state index in [1.165, 1.54) is 6.07 Å². The number of amides is 2. The van der Waals surface area contributed by atoms with Crippen molar-refractivity contribution in [2.45, 2.75) is 6.18 Å². The summed E-state index contributed by atoms with van der Waals surface area (Å²) >= 11 is 0. The van der Waals surface area contributed by atoms with Crippen LogP contribution < -0.4 is 10.2 Å². The number of halogens is 3. The van der Waals surface area contributed by atoms with Gasteiger partial charge in [-0.25, -0.2) is 9.78 Å². The van der Waals surface area contributed by atoms with Crippen molar-refractivity contribution in [1.29, 1.82) is 5.26 Å². The molecule has 2 heterocycles. The van der Waals surface area contributed by atoms with Gasteiger partial charge in [0.1, 0.15) is 5.82 Å². The standard InChI is InChI=1S/C18H16F3N5O/c19-18(20,21)14-3-6-16(23-12-14)25-7-9-26(10-8-25)17(27)24-15-4-1-13(11-22)2-5-15/h1-6,12H,7-10H2,(H,24,27). The quantitative estimate of drug-likeness (QED) is 0.874. The largest absolute Gasteiger partial charge is 0.417 e. The van der Waals surface area contributed by atoms with E-state index in [2.05, 4.69) is 10.3 Å². The van der Waals surface area contributed by atoms with Crippen molar-refractivity contribution >= 4 is 17.5 Å². The number of carbonyl (C=O) groups excluding carboxylic acids is 1. The highest BCUT2D eigenvalue weighted by Crippen LogP contribution is 2.29. The second-order valence-corrected chi connectivity index (χ2v) is 6.00. The van der Waals surface area contributed by atoms with E-state index in [0.29, 0.717) is 43.2 Å². The van der Waals surface area contributed by atoms with E-state index in [4.69, 9.17) is 5.26 Å². The molecule has 1 aromatic heterocycles. The summed E-state index contributed by atoms with van der Waals surface area (Å²) < 4.78 is 37.8. The van der Waals surface area contributed by atoms with Crippen LogP contribution in [0, 0.1) is 11.3 Å². The van der Waals surface area contributed by atoms with E-state index in [0.717, 1.165) is 12.3 Å². The number of piperazine rings is 1. The van der Waals surface area contributed by atoms with Crippen molar-refractivity contribution < 1.29 is 18.0 Å². The number of nitrogens with zero attached hydrogens (tertiary/aromatic N) is 4. The number of nitrogens with one attached hydrogen (secondary N) is 1. The molecule has 1 aromatic carbocycles. The number of pyridine rings is 1. The Morgan fingerprint density at radius 2 is 1.74 bits per heavy atom. The second-order valence-electron chi connectivity index (χ2n) is 6.00. The van der Waals surface area contributed by atoms with E-state index in [9.17, 15) is 18.0 Å². The van der Waals surface area contributed by atoms with Gasteiger partial charge in [0.2, 0.25) is 0 Å². The van der Waals surface area contributed by atoms with Crippen LogP contribution in [0.3, 0.4) is 0 Å². The van der Waals surface area contributed by atoms with E-state index < -0.39 is 11.7 Å². The number of hydrogen-bond acceptors (Lipinski definition) is 4. The molecule has 2 aromatic rings. The van der Waals surface area contributed by atoms with Gasteiger partial charge in [-0.2, -0.15) is 18.4 Å². The van der Waals surface area contributed by atoms with Gasteiger partial charge < -0.3 is 15.1 Å². The summed E-state index contributed by atoms with van der Waals surface area (Å²) in [5, 5.41) is 11.5. The molecule has 0 radical (unpaired) electrons. The number of aromatic nitrogens is 1. The molecule has 6 nitrogen and oxygen atoms in total. The number of benzene rings is 1. The van der Waals surface area contributed by atoms with E-state index in [-0.39, 0.29) is 6.03 Å². The number of carbonyl (C=O) groups is 1. The van der Waals surface area contributed by atoms with Gasteiger partial charge in [-0.3, -0.25) is 0 Å². The number of rotatable bonds is 2. The first-order valence-electron chi connectivity index (χ1n) is 8.21. The molecular weight excluding hydrogens is 359 g/mol. The maximum absolute atomic E-state index is 12.6. The summed E-state index contributed by atoms with van der Waals surface area (Å²) in [4.78, 5) is 19.7. The number of urea groups is 1. The van der Waals surface area contributed by atoms with Crippen LogP contribution in [0.2, 0.25) is 0 Å². The normalized spacial score (nSPS) is 14.6. The molecule has 0 saturated carbocycles. The van der Waals surface area contributed by atoms with Crippen molar-refractivity contribution in [3.63, 3.8) is 0 Å². The van der Waals surface area contributed by atoms with Crippen LogP contribution in [-0.4, -0.2) is 42.1 Å². The maximum Gasteiger partial charge on any atom is 0.417 e. The summed E-state index contributed by atoms with van der Waals surface area (Å²) in [5.41, 5.74) is 0.308. The Morgan fingerprint density at radius 3 is 2.26 bits per heavy atom. The first-order chi connectivity index (χ1) is 12.9. The molecule has 27 heavy (non-hydrogen) atoms. The summed E-state index contributed by atoms with van der Waals surface area (Å²) in [7, 11) is 0. The van der Waals surface area contributed by atoms with Crippen molar-refractivity contribution in [3.8, 4) is 6.07 Å². The first kappa shape index (κ1) is 18.5. The topological polar surface area (TPSA) is 72.3 Å². The number of anilines is 2. The molecule has 140 valence electrons. The molecule has 3 rings (SSSR count). The zero-order chi connectivity index (χ0) is 19.4. The molecule has 1 N–H and O–H groups in total. The molecule has 1 fully saturated rings. The third kappa shape index (κ3) is 4.47. The zero-order valence-corrected chi connectivity index (χ0v) is 14.2. The molecule has 1 aliphatic rings. The lowest BCUT2D eigenvalue weighted by atomic mass is 10.2. The van der Waals surface area contributed by atoms with Gasteiger partial charge in [0.15, 0.2) is 0 Å². The lowest BCUT2D eigenvalue weighted by Gasteiger charge is -2.35. The van der Waals surface area contributed by atoms with Crippen LogP contribution in [-0.2, 0) is 6.18 Å². The minimum atomic E-state index is -4.41. The third-order valence-electron chi connectivity index (χ3n) is 4.23. The molecule has 2 amide bonds. The van der Waals surface area contributed by atoms with Gasteiger partial charge in [-0.05, 0) is 36.4 Å². The van der Waals surface area contributed by atoms with E-state index in [1.54, 1.807) is 29.2 Å². The summed E-state index contributed by atoms with van der Waals surface area (Å²) in [6.07, 6.45) is -3.59. The third-order valence-corrected chi connectivity index (χ3v) is 4.23. The average Bonchev–Trinajstić information content (AvgIpc) is 2.68. The molecule has 0 spiro atoms. The monoisotopic (exact) mass is 375 g/mol. The summed E-state index contributed by atoms with van der Waals surface area (Å²) in [6.45, 7) is 1.79. The molecule has 1 saturated heterocycles. The van der Waals surface area contributed by atoms with Crippen LogP contribution in [0.1, 0.15) is 11.1 Å². The molecule has 0 unspecified atom stereocenters. The Balaban J connectivity index is 1.55. The fourth-order valence-corrected chi connectivity index (χ4v) is 2.71. The predicted octanol–water partition coefficient (Wildman–Crippen LogP) is 3.33. The van der Waals surface area contributed by atoms with Crippen LogP contribution >= 0.6 is 0 Å². The minimum absolute atomic E-state index is 0.264. The average molecular weight is 375 g/mol. The lowest BCUT2D eigenvalue weighted by Crippen LogP contribution is -2.50. The van der Waals surface area contributed by atoms with Crippen molar-refractivity contribution in [3.05, 3.63) is 53.7 Å². The van der Waals surface area contributed by atoms with E-state index >= 15 is 0 Å². The SMILES string of the molecule is N#Cc1ccc(NC(=O)N2CCN(c3ccc(C(F)(F)F)cn3)CC2)cc1. The van der Waals surface area contributed by atoms with Gasteiger partial charge in [-0.15, -0.1) is 0 Å². The van der Waals surface area contributed by atoms with Crippen molar-refractivity contribution in [2.75, 3.05) is 36.4 Å². The Morgan fingerprint density at radius 1 is 1.07 bits per heavy atom. The van der Waals surface area contributed by atoms with Gasteiger partial charge in [0, 0.05) is 38.1 Å². The van der Waals surface area contributed by atoms with Crippen molar-refractivity contribution in [2.24, 2.45) is 0 Å². The molecule has 0 atom stereocenters. The van der Waals surface area contributed by atoms with E-state index in [1.807, 2.05) is 11.0 Å². The molecular formula is C18H16F3N5O. The molecule has 1 aliphatic heterocycles. The van der Waals surface area contributed by atoms with Crippen LogP contribution in [0.4, 0.5) is 29.5 Å². The van der Waals surface area contributed by atoms with Crippen LogP contribution in [0.25, 0.3) is 0 Å². The highest BCUT2D eigenvalue weighted by Gasteiger charge is 2.31. The number of alkyl halides is 3. The van der Waals surface area contributed by atoms with Gasteiger partial charge in [0.25, 0.3) is 0 Å². The first-order valence-corrected chi connectivity index (χ1v) is 8.21. The molecule has 0 bridgehead atoms. The second kappa shape index (κ2) is 7.53. The molecule has 9 heteroatoms. The lowest BCUT2D eigenvalue weighted by molar-refractivity contribution is -0.137. The fraction of sp³-hybridized carbons (Fsp3) is 0.278. The summed E-state index contributed by atoms with van der Waals surface area (Å²) in [6, 6.07) is 10.6. The number of nitriles is 1. The van der Waals surface area contributed by atoms with Gasteiger partial charge in [0.05, 0.1) is 17.2 Å². The fourth-order valence-electron chi connectivity index (χ4n) is 2.71. The Labute approximate surface area is 153 Å². The highest BCUT2D eigenvalue weighted by atomic mass is 19.4. The highest BCUT2D eigenvalue weighted by molar-refractivity contribution is 5.89. The Hall–Kier alpha value is -3.28. The van der Waals surface area contributed by atoms with Crippen LogP contribution in [0.5, 0.6) is 0 Å². The Bertz CT molecular complexity index is 835. The summed E-state index contributed by atoms with van der Waals surface area (Å²) in [5.74, 6) is 0.454. The smallest absolute Gasteiger partial charge is 0.353 e. The Kier molecular flexibility index (Phi) is 5.16. The maximum atomic E-state index is 12.6. The van der Waals surface area contributed by atoms with Crippen molar-refractivity contribution in [1.82, 2.24) is 9.88 Å².